The first-order valence-corrected chi connectivity index (χ1v) is 5.78. The van der Waals surface area contributed by atoms with E-state index in [1.165, 1.54) is 6.07 Å². The van der Waals surface area contributed by atoms with Crippen molar-refractivity contribution in [2.45, 2.75) is 12.2 Å². The molecule has 0 fully saturated rings. The Labute approximate surface area is 105 Å². The number of alkyl halides is 1. The Balaban J connectivity index is 3.19. The van der Waals surface area contributed by atoms with Crippen LogP contribution < -0.4 is 0 Å². The predicted molar refractivity (Wildman–Crippen MR) is 63.2 cm³/mol. The van der Waals surface area contributed by atoms with Gasteiger partial charge in [0.1, 0.15) is 12.4 Å². The summed E-state index contributed by atoms with van der Waals surface area (Å²) in [5, 5.41) is 29.9. The number of hydrogen-bond acceptors (Lipinski definition) is 5. The van der Waals surface area contributed by atoms with Gasteiger partial charge in [-0.05, 0) is 11.6 Å². The molecule has 1 aromatic rings. The maximum Gasteiger partial charge on any atom is 0.270 e. The number of nitrogens with zero attached hydrogens (tertiary/aromatic N) is 1. The van der Waals surface area contributed by atoms with Crippen LogP contribution in [0.2, 0.25) is 0 Å². The second-order valence-corrected chi connectivity index (χ2v) is 4.05. The molecule has 0 bridgehead atoms. The fourth-order valence-corrected chi connectivity index (χ4v) is 1.66. The molecule has 92 valence electrons. The quantitative estimate of drug-likeness (QED) is 0.368. The molecular formula is C10H10BrNO5. The van der Waals surface area contributed by atoms with Crippen molar-refractivity contribution in [1.29, 1.82) is 0 Å². The number of benzene rings is 1. The van der Waals surface area contributed by atoms with Gasteiger partial charge in [-0.3, -0.25) is 14.9 Å². The minimum Gasteiger partial charge on any atom is -0.389 e. The summed E-state index contributed by atoms with van der Waals surface area (Å²) in [5.74, 6) is 0. The zero-order valence-corrected chi connectivity index (χ0v) is 10.2. The Kier molecular flexibility index (Phi) is 4.73. The van der Waals surface area contributed by atoms with Gasteiger partial charge in [0.15, 0.2) is 0 Å². The van der Waals surface area contributed by atoms with Gasteiger partial charge in [0.25, 0.3) is 5.69 Å². The summed E-state index contributed by atoms with van der Waals surface area (Å²) in [6.45, 7) is 0. The van der Waals surface area contributed by atoms with Crippen molar-refractivity contribution < 1.29 is 19.9 Å². The second kappa shape index (κ2) is 5.85. The van der Waals surface area contributed by atoms with E-state index in [0.717, 1.165) is 12.1 Å². The molecule has 0 radical (unpaired) electrons. The molecule has 0 aliphatic heterocycles. The number of halogens is 1. The van der Waals surface area contributed by atoms with Crippen molar-refractivity contribution in [1.82, 2.24) is 0 Å². The number of carbonyl (C=O) groups excluding carboxylic acids is 1. The summed E-state index contributed by atoms with van der Waals surface area (Å²) < 4.78 is 0. The summed E-state index contributed by atoms with van der Waals surface area (Å²) in [4.78, 5) is 20.6. The highest BCUT2D eigenvalue weighted by molar-refractivity contribution is 9.09. The molecule has 0 amide bonds. The van der Waals surface area contributed by atoms with Crippen LogP contribution in [0.15, 0.2) is 18.2 Å². The molecule has 0 heterocycles. The predicted octanol–water partition coefficient (Wildman–Crippen LogP) is 1.20. The third kappa shape index (κ3) is 3.32. The van der Waals surface area contributed by atoms with Crippen LogP contribution in [0.4, 0.5) is 5.69 Å². The number of nitro benzene ring substituents is 1. The Morgan fingerprint density at radius 3 is 2.53 bits per heavy atom. The summed E-state index contributed by atoms with van der Waals surface area (Å²) >= 11 is 2.98. The lowest BCUT2D eigenvalue weighted by atomic mass is 10.0. The lowest BCUT2D eigenvalue weighted by molar-refractivity contribution is -0.385. The number of hydrogen-bond donors (Lipinski definition) is 2. The fourth-order valence-electron chi connectivity index (χ4n) is 1.31. The number of aliphatic hydroxyl groups is 2. The molecule has 2 N–H and O–H groups in total. The van der Waals surface area contributed by atoms with Gasteiger partial charge < -0.3 is 10.2 Å². The Hall–Kier alpha value is -1.31. The monoisotopic (exact) mass is 303 g/mol. The van der Waals surface area contributed by atoms with Crippen LogP contribution in [0.5, 0.6) is 0 Å². The van der Waals surface area contributed by atoms with Crippen LogP contribution in [0.3, 0.4) is 0 Å². The smallest absolute Gasteiger partial charge is 0.270 e. The minimum absolute atomic E-state index is 0.0787. The number of aliphatic hydroxyl groups excluding tert-OH is 2. The molecular weight excluding hydrogens is 294 g/mol. The third-order valence-corrected chi connectivity index (χ3v) is 2.84. The lowest BCUT2D eigenvalue weighted by Crippen LogP contribution is -2.19. The standard InChI is InChI=1S/C10H10BrNO5/c11-4-9(14)10(15)7-1-6(5-13)2-8(3-7)12(16)17/h1-3,5,9-10,14-15H,4H2. The maximum atomic E-state index is 10.6. The first-order valence-electron chi connectivity index (χ1n) is 4.66. The number of nitro groups is 1. The first-order chi connectivity index (χ1) is 7.99. The van der Waals surface area contributed by atoms with Crippen molar-refractivity contribution in [3.63, 3.8) is 0 Å². The SMILES string of the molecule is O=Cc1cc(C(O)C(O)CBr)cc([N+](=O)[O-])c1. The maximum absolute atomic E-state index is 10.6. The van der Waals surface area contributed by atoms with Gasteiger partial charge in [-0.25, -0.2) is 0 Å². The van der Waals surface area contributed by atoms with E-state index in [-0.39, 0.29) is 22.1 Å². The van der Waals surface area contributed by atoms with Gasteiger partial charge in [-0.1, -0.05) is 15.9 Å². The van der Waals surface area contributed by atoms with Crippen LogP contribution in [-0.4, -0.2) is 32.9 Å². The first kappa shape index (κ1) is 13.8. The van der Waals surface area contributed by atoms with Gasteiger partial charge in [-0.2, -0.15) is 0 Å². The molecule has 1 rings (SSSR count). The van der Waals surface area contributed by atoms with Crippen molar-refractivity contribution in [2.75, 3.05) is 5.33 Å². The Bertz CT molecular complexity index is 437. The number of rotatable bonds is 5. The Morgan fingerprint density at radius 1 is 1.41 bits per heavy atom. The number of carbonyl (C=O) groups is 1. The van der Waals surface area contributed by atoms with E-state index in [0.29, 0.717) is 6.29 Å². The topological polar surface area (TPSA) is 101 Å². The van der Waals surface area contributed by atoms with Crippen LogP contribution in [0.25, 0.3) is 0 Å². The molecule has 6 nitrogen and oxygen atoms in total. The molecule has 7 heteroatoms. The summed E-state index contributed by atoms with van der Waals surface area (Å²) in [6, 6.07) is 3.53. The largest absolute Gasteiger partial charge is 0.389 e. The van der Waals surface area contributed by atoms with E-state index in [9.17, 15) is 25.1 Å². The van der Waals surface area contributed by atoms with E-state index in [1.54, 1.807) is 0 Å². The molecule has 2 atom stereocenters. The normalized spacial score (nSPS) is 14.1. The van der Waals surface area contributed by atoms with Gasteiger partial charge >= 0.3 is 0 Å². The van der Waals surface area contributed by atoms with E-state index in [1.807, 2.05) is 0 Å². The van der Waals surface area contributed by atoms with Gasteiger partial charge in [0.2, 0.25) is 0 Å². The fraction of sp³-hybridized carbons (Fsp3) is 0.300. The highest BCUT2D eigenvalue weighted by atomic mass is 79.9. The molecule has 0 aliphatic carbocycles. The summed E-state index contributed by atoms with van der Waals surface area (Å²) in [5.41, 5.74) is -0.0892. The zero-order chi connectivity index (χ0) is 13.0. The van der Waals surface area contributed by atoms with Gasteiger partial charge in [-0.15, -0.1) is 0 Å². The third-order valence-electron chi connectivity index (χ3n) is 2.17. The average Bonchev–Trinajstić information content (AvgIpc) is 2.36. The summed E-state index contributed by atoms with van der Waals surface area (Å²) in [7, 11) is 0. The van der Waals surface area contributed by atoms with E-state index in [4.69, 9.17) is 0 Å². The number of aldehydes is 1. The highest BCUT2D eigenvalue weighted by Crippen LogP contribution is 2.24. The Morgan fingerprint density at radius 2 is 2.06 bits per heavy atom. The molecule has 1 aromatic carbocycles. The highest BCUT2D eigenvalue weighted by Gasteiger charge is 2.20. The van der Waals surface area contributed by atoms with Crippen molar-refractivity contribution in [2.24, 2.45) is 0 Å². The van der Waals surface area contributed by atoms with Crippen molar-refractivity contribution >= 4 is 27.9 Å². The van der Waals surface area contributed by atoms with Gasteiger partial charge in [0, 0.05) is 23.0 Å². The molecule has 0 saturated carbocycles. The van der Waals surface area contributed by atoms with E-state index in [2.05, 4.69) is 15.9 Å². The zero-order valence-electron chi connectivity index (χ0n) is 8.62. The van der Waals surface area contributed by atoms with Crippen LogP contribution >= 0.6 is 15.9 Å². The average molecular weight is 304 g/mol. The molecule has 0 saturated heterocycles. The minimum atomic E-state index is -1.28. The summed E-state index contributed by atoms with van der Waals surface area (Å²) in [6.07, 6.45) is -1.94. The molecule has 0 spiro atoms. The number of non-ortho nitro benzene ring substituents is 1. The van der Waals surface area contributed by atoms with Gasteiger partial charge in [0.05, 0.1) is 11.0 Å². The van der Waals surface area contributed by atoms with Crippen molar-refractivity contribution in [3.05, 3.63) is 39.4 Å². The van der Waals surface area contributed by atoms with Crippen LogP contribution in [0, 0.1) is 10.1 Å². The lowest BCUT2D eigenvalue weighted by Gasteiger charge is -2.15. The van der Waals surface area contributed by atoms with E-state index >= 15 is 0 Å². The molecule has 17 heavy (non-hydrogen) atoms. The molecule has 0 aliphatic rings. The molecule has 2 unspecified atom stereocenters. The van der Waals surface area contributed by atoms with Crippen LogP contribution in [-0.2, 0) is 0 Å². The van der Waals surface area contributed by atoms with Crippen molar-refractivity contribution in [3.8, 4) is 0 Å². The molecule has 0 aromatic heterocycles. The second-order valence-electron chi connectivity index (χ2n) is 3.40. The van der Waals surface area contributed by atoms with Crippen LogP contribution in [0.1, 0.15) is 22.0 Å². The van der Waals surface area contributed by atoms with E-state index < -0.39 is 17.1 Å².